The summed E-state index contributed by atoms with van der Waals surface area (Å²) in [6.07, 6.45) is 6.35. The van der Waals surface area contributed by atoms with Gasteiger partial charge in [0.05, 0.1) is 0 Å². The first-order valence-corrected chi connectivity index (χ1v) is 8.47. The van der Waals surface area contributed by atoms with Gasteiger partial charge >= 0.3 is 0 Å². The third-order valence-electron chi connectivity index (χ3n) is 5.07. The van der Waals surface area contributed by atoms with Gasteiger partial charge in [-0.15, -0.1) is 0 Å². The molecule has 0 aromatic heterocycles. The first-order valence-electron chi connectivity index (χ1n) is 8.47. The lowest BCUT2D eigenvalue weighted by molar-refractivity contribution is 0.0979. The van der Waals surface area contributed by atoms with Crippen molar-refractivity contribution in [2.75, 3.05) is 13.1 Å². The molecule has 0 saturated carbocycles. The van der Waals surface area contributed by atoms with E-state index in [0.717, 1.165) is 6.42 Å². The van der Waals surface area contributed by atoms with Crippen molar-refractivity contribution in [3.63, 3.8) is 0 Å². The van der Waals surface area contributed by atoms with Crippen molar-refractivity contribution in [3.8, 4) is 0 Å². The van der Waals surface area contributed by atoms with E-state index in [1.807, 2.05) is 0 Å². The fourth-order valence-electron chi connectivity index (χ4n) is 3.57. The monoisotopic (exact) mass is 288 g/mol. The molecule has 1 aromatic carbocycles. The highest BCUT2D eigenvalue weighted by atomic mass is 15.2. The average molecular weight is 288 g/mol. The molecule has 0 amide bonds. The molecule has 1 unspecified atom stereocenters. The Kier molecular flexibility index (Phi) is 5.45. The van der Waals surface area contributed by atoms with Crippen LogP contribution in [-0.4, -0.2) is 29.6 Å². The van der Waals surface area contributed by atoms with Crippen molar-refractivity contribution in [2.45, 2.75) is 71.4 Å². The second-order valence-electron chi connectivity index (χ2n) is 7.36. The van der Waals surface area contributed by atoms with Gasteiger partial charge in [-0.3, -0.25) is 4.90 Å². The number of hydrogen-bond donors (Lipinski definition) is 1. The Hall–Kier alpha value is -0.860. The molecular weight excluding hydrogens is 256 g/mol. The third kappa shape index (κ3) is 4.31. The third-order valence-corrected chi connectivity index (χ3v) is 5.07. The molecule has 118 valence electrons. The first-order chi connectivity index (χ1) is 9.89. The molecule has 2 rings (SSSR count). The maximum Gasteiger partial charge on any atom is 0.0307 e. The van der Waals surface area contributed by atoms with E-state index in [-0.39, 0.29) is 11.6 Å². The number of rotatable bonds is 4. The van der Waals surface area contributed by atoms with Crippen molar-refractivity contribution in [1.82, 2.24) is 4.90 Å². The van der Waals surface area contributed by atoms with E-state index in [1.165, 1.54) is 55.5 Å². The van der Waals surface area contributed by atoms with Crippen molar-refractivity contribution < 1.29 is 0 Å². The maximum atomic E-state index is 6.62. The molecule has 0 spiro atoms. The second-order valence-corrected chi connectivity index (χ2v) is 7.36. The van der Waals surface area contributed by atoms with Crippen molar-refractivity contribution in [2.24, 2.45) is 5.73 Å². The lowest BCUT2D eigenvalue weighted by atomic mass is 9.87. The van der Waals surface area contributed by atoms with Crippen molar-refractivity contribution in [3.05, 3.63) is 34.9 Å². The predicted molar refractivity (Wildman–Crippen MR) is 91.7 cm³/mol. The summed E-state index contributed by atoms with van der Waals surface area (Å²) in [5, 5.41) is 0. The average Bonchev–Trinajstić information content (AvgIpc) is 2.66. The Morgan fingerprint density at radius 1 is 1.00 bits per heavy atom. The van der Waals surface area contributed by atoms with Gasteiger partial charge in [0.2, 0.25) is 0 Å². The lowest BCUT2D eigenvalue weighted by Gasteiger charge is -2.42. The van der Waals surface area contributed by atoms with Gasteiger partial charge < -0.3 is 5.73 Å². The van der Waals surface area contributed by atoms with Gasteiger partial charge in [0, 0.05) is 11.6 Å². The molecule has 2 heteroatoms. The zero-order chi connectivity index (χ0) is 15.5. The van der Waals surface area contributed by atoms with Crippen LogP contribution in [0.4, 0.5) is 0 Å². The largest absolute Gasteiger partial charge is 0.326 e. The molecule has 1 aliphatic heterocycles. The molecule has 2 N–H and O–H groups in total. The van der Waals surface area contributed by atoms with Gasteiger partial charge in [0.25, 0.3) is 0 Å². The fourth-order valence-corrected chi connectivity index (χ4v) is 3.57. The molecule has 21 heavy (non-hydrogen) atoms. The summed E-state index contributed by atoms with van der Waals surface area (Å²) in [6, 6.07) is 6.97. The number of nitrogens with two attached hydrogens (primary N) is 1. The molecule has 1 atom stereocenters. The first kappa shape index (κ1) is 16.5. The molecule has 0 radical (unpaired) electrons. The van der Waals surface area contributed by atoms with Crippen LogP contribution in [0.5, 0.6) is 0 Å². The highest BCUT2D eigenvalue weighted by Gasteiger charge is 2.33. The zero-order valence-corrected chi connectivity index (χ0v) is 14.3. The molecule has 2 nitrogen and oxygen atoms in total. The minimum Gasteiger partial charge on any atom is -0.326 e. The molecule has 0 bridgehead atoms. The van der Waals surface area contributed by atoms with E-state index >= 15 is 0 Å². The van der Waals surface area contributed by atoms with Gasteiger partial charge in [-0.05, 0) is 65.6 Å². The summed E-state index contributed by atoms with van der Waals surface area (Å²) in [7, 11) is 0. The molecule has 0 aliphatic carbocycles. The summed E-state index contributed by atoms with van der Waals surface area (Å²) in [5.74, 6) is 0. The van der Waals surface area contributed by atoms with Crippen molar-refractivity contribution in [1.29, 1.82) is 0 Å². The van der Waals surface area contributed by atoms with E-state index in [4.69, 9.17) is 5.73 Å². The Labute approximate surface area is 130 Å². The molecule has 1 aromatic rings. The smallest absolute Gasteiger partial charge is 0.0307 e. The van der Waals surface area contributed by atoms with E-state index in [1.54, 1.807) is 0 Å². The predicted octanol–water partition coefficient (Wildman–Crippen LogP) is 3.83. The Morgan fingerprint density at radius 3 is 2.05 bits per heavy atom. The molecule has 1 heterocycles. The molecule has 1 fully saturated rings. The van der Waals surface area contributed by atoms with Gasteiger partial charge in [-0.25, -0.2) is 0 Å². The minimum absolute atomic E-state index is 0.0714. The van der Waals surface area contributed by atoms with Crippen LogP contribution in [-0.2, 0) is 6.42 Å². The second kappa shape index (κ2) is 6.93. The number of benzene rings is 1. The number of hydrogen-bond acceptors (Lipinski definition) is 2. The lowest BCUT2D eigenvalue weighted by Crippen LogP contribution is -2.57. The zero-order valence-electron chi connectivity index (χ0n) is 14.3. The maximum absolute atomic E-state index is 6.62. The Bertz CT molecular complexity index is 436. The summed E-state index contributed by atoms with van der Waals surface area (Å²) in [5.41, 5.74) is 10.7. The highest BCUT2D eigenvalue weighted by molar-refractivity contribution is 5.29. The Morgan fingerprint density at radius 2 is 1.52 bits per heavy atom. The molecule has 1 saturated heterocycles. The van der Waals surface area contributed by atoms with Crippen LogP contribution in [0.25, 0.3) is 0 Å². The minimum atomic E-state index is 0.0714. The van der Waals surface area contributed by atoms with Crippen LogP contribution in [0.15, 0.2) is 18.2 Å². The van der Waals surface area contributed by atoms with Gasteiger partial charge in [0.15, 0.2) is 0 Å². The van der Waals surface area contributed by atoms with Gasteiger partial charge in [-0.1, -0.05) is 42.2 Å². The SMILES string of the molecule is Cc1cc(C)cc(CC(N)C(C)(C)N2CCCCCC2)c1. The van der Waals surface area contributed by atoms with E-state index < -0.39 is 0 Å². The van der Waals surface area contributed by atoms with Crippen LogP contribution in [0.3, 0.4) is 0 Å². The van der Waals surface area contributed by atoms with Crippen LogP contribution in [0.2, 0.25) is 0 Å². The summed E-state index contributed by atoms with van der Waals surface area (Å²) in [4.78, 5) is 2.62. The molecular formula is C19H32N2. The van der Waals surface area contributed by atoms with Crippen molar-refractivity contribution >= 4 is 0 Å². The number of aryl methyl sites for hydroxylation is 2. The van der Waals surface area contributed by atoms with E-state index in [0.29, 0.717) is 0 Å². The summed E-state index contributed by atoms with van der Waals surface area (Å²) in [6.45, 7) is 11.4. The number of likely N-dealkylation sites (tertiary alicyclic amines) is 1. The standard InChI is InChI=1S/C19H32N2/c1-15-11-16(2)13-17(12-15)14-18(20)19(3,4)21-9-7-5-6-8-10-21/h11-13,18H,5-10,14,20H2,1-4H3. The van der Waals surface area contributed by atoms with Crippen LogP contribution >= 0.6 is 0 Å². The summed E-state index contributed by atoms with van der Waals surface area (Å²) < 4.78 is 0. The topological polar surface area (TPSA) is 29.3 Å². The van der Waals surface area contributed by atoms with Crippen LogP contribution in [0.1, 0.15) is 56.2 Å². The van der Waals surface area contributed by atoms with E-state index in [9.17, 15) is 0 Å². The fraction of sp³-hybridized carbons (Fsp3) is 0.684. The normalized spacial score (nSPS) is 19.3. The molecule has 1 aliphatic rings. The summed E-state index contributed by atoms with van der Waals surface area (Å²) >= 11 is 0. The van der Waals surface area contributed by atoms with Gasteiger partial charge in [0.1, 0.15) is 0 Å². The number of nitrogens with zero attached hydrogens (tertiary/aromatic N) is 1. The highest BCUT2D eigenvalue weighted by Crippen LogP contribution is 2.25. The van der Waals surface area contributed by atoms with Crippen LogP contribution in [0, 0.1) is 13.8 Å². The van der Waals surface area contributed by atoms with Gasteiger partial charge in [-0.2, -0.15) is 0 Å². The van der Waals surface area contributed by atoms with E-state index in [2.05, 4.69) is 50.8 Å². The van der Waals surface area contributed by atoms with Crippen LogP contribution < -0.4 is 5.73 Å². The quantitative estimate of drug-likeness (QED) is 0.912. The Balaban J connectivity index is 2.07.